The van der Waals surface area contributed by atoms with Gasteiger partial charge in [0.25, 0.3) is 0 Å². The van der Waals surface area contributed by atoms with Crippen molar-refractivity contribution in [1.82, 2.24) is 5.32 Å². The molecule has 84 heavy (non-hydrogen) atoms. The van der Waals surface area contributed by atoms with Crippen molar-refractivity contribution in [2.45, 2.75) is 333 Å². The van der Waals surface area contributed by atoms with Crippen LogP contribution in [0, 0.1) is 0 Å². The fourth-order valence-corrected chi connectivity index (χ4v) is 10.4. The van der Waals surface area contributed by atoms with Gasteiger partial charge in [-0.3, -0.25) is 4.79 Å². The monoisotopic (exact) mass is 1170 g/mol. The summed E-state index contributed by atoms with van der Waals surface area (Å²) in [5, 5.41) is 54.7. The van der Waals surface area contributed by atoms with Crippen LogP contribution in [0.15, 0.2) is 122 Å². The number of aliphatic hydroxyl groups excluding tert-OH is 5. The predicted molar refractivity (Wildman–Crippen MR) is 359 cm³/mol. The smallest absolute Gasteiger partial charge is 0.220 e. The molecule has 1 heterocycles. The van der Waals surface area contributed by atoms with Crippen LogP contribution < -0.4 is 5.32 Å². The lowest BCUT2D eigenvalue weighted by molar-refractivity contribution is -0.302. The third-order valence-corrected chi connectivity index (χ3v) is 15.8. The first kappa shape index (κ1) is 78.6. The molecule has 1 fully saturated rings. The zero-order valence-electron chi connectivity index (χ0n) is 53.9. The number of allylic oxidation sites excluding steroid dienone is 19. The Hall–Kier alpha value is -3.41. The van der Waals surface area contributed by atoms with E-state index >= 15 is 0 Å². The number of amides is 1. The Morgan fingerprint density at radius 2 is 0.750 bits per heavy atom. The predicted octanol–water partition coefficient (Wildman–Crippen LogP) is 19.0. The number of ether oxygens (including phenoxy) is 2. The van der Waals surface area contributed by atoms with Crippen molar-refractivity contribution >= 4 is 5.91 Å². The van der Waals surface area contributed by atoms with Crippen molar-refractivity contribution in [3.63, 3.8) is 0 Å². The van der Waals surface area contributed by atoms with E-state index in [1.165, 1.54) is 167 Å². The number of nitrogens with one attached hydrogen (secondary N) is 1. The summed E-state index contributed by atoms with van der Waals surface area (Å²) in [5.74, 6) is -0.194. The van der Waals surface area contributed by atoms with Gasteiger partial charge in [-0.1, -0.05) is 309 Å². The Kier molecular flexibility index (Phi) is 58.6. The van der Waals surface area contributed by atoms with E-state index in [0.717, 1.165) is 103 Å². The molecule has 7 atom stereocenters. The van der Waals surface area contributed by atoms with Crippen LogP contribution in [0.5, 0.6) is 0 Å². The van der Waals surface area contributed by atoms with Crippen LogP contribution in [-0.2, 0) is 14.3 Å². The second-order valence-electron chi connectivity index (χ2n) is 23.6. The third-order valence-electron chi connectivity index (χ3n) is 15.8. The summed E-state index contributed by atoms with van der Waals surface area (Å²) in [6.07, 6.45) is 87.2. The Balaban J connectivity index is 2.18. The second kappa shape index (κ2) is 62.6. The largest absolute Gasteiger partial charge is 0.394 e. The van der Waals surface area contributed by atoms with Crippen LogP contribution in [0.3, 0.4) is 0 Å². The molecule has 9 nitrogen and oxygen atoms in total. The molecule has 0 aromatic carbocycles. The molecule has 6 N–H and O–H groups in total. The second-order valence-corrected chi connectivity index (χ2v) is 23.6. The topological polar surface area (TPSA) is 149 Å². The lowest BCUT2D eigenvalue weighted by Gasteiger charge is -2.40. The Labute approximate surface area is 516 Å². The maximum atomic E-state index is 13.1. The molecule has 1 aliphatic rings. The van der Waals surface area contributed by atoms with Crippen molar-refractivity contribution in [1.29, 1.82) is 0 Å². The molecular formula is C75H129NO8. The third kappa shape index (κ3) is 50.7. The molecule has 0 aromatic rings. The van der Waals surface area contributed by atoms with Crippen LogP contribution in [-0.4, -0.2) is 87.5 Å². The van der Waals surface area contributed by atoms with Crippen LogP contribution in [0.2, 0.25) is 0 Å². The Bertz CT molecular complexity index is 1740. The molecule has 1 saturated heterocycles. The van der Waals surface area contributed by atoms with Crippen LogP contribution in [0.1, 0.15) is 290 Å². The highest BCUT2D eigenvalue weighted by Gasteiger charge is 2.44. The van der Waals surface area contributed by atoms with Gasteiger partial charge in [0.1, 0.15) is 24.4 Å². The Morgan fingerprint density at radius 1 is 0.417 bits per heavy atom. The van der Waals surface area contributed by atoms with Gasteiger partial charge in [-0.15, -0.1) is 0 Å². The molecule has 1 rings (SSSR count). The summed E-state index contributed by atoms with van der Waals surface area (Å²) in [4.78, 5) is 13.1. The van der Waals surface area contributed by atoms with Crippen molar-refractivity contribution in [2.24, 2.45) is 0 Å². The molecule has 7 unspecified atom stereocenters. The average Bonchev–Trinajstić information content (AvgIpc) is 3.70. The molecule has 9 heteroatoms. The van der Waals surface area contributed by atoms with Crippen molar-refractivity contribution in [3.05, 3.63) is 122 Å². The highest BCUT2D eigenvalue weighted by atomic mass is 16.7. The van der Waals surface area contributed by atoms with Crippen molar-refractivity contribution < 1.29 is 39.8 Å². The van der Waals surface area contributed by atoms with Crippen LogP contribution in [0.4, 0.5) is 0 Å². The van der Waals surface area contributed by atoms with Crippen molar-refractivity contribution in [3.8, 4) is 0 Å². The van der Waals surface area contributed by atoms with Crippen LogP contribution in [0.25, 0.3) is 0 Å². The highest BCUT2D eigenvalue weighted by Crippen LogP contribution is 2.23. The number of hydrogen-bond donors (Lipinski definition) is 6. The number of aliphatic hydroxyl groups is 5. The fraction of sp³-hybridized carbons (Fsp3) is 0.720. The minimum atomic E-state index is -1.58. The zero-order chi connectivity index (χ0) is 60.7. The molecule has 0 spiro atoms. The van der Waals surface area contributed by atoms with Gasteiger partial charge in [0.15, 0.2) is 6.29 Å². The summed E-state index contributed by atoms with van der Waals surface area (Å²) in [6, 6.07) is -0.834. The maximum Gasteiger partial charge on any atom is 0.220 e. The van der Waals surface area contributed by atoms with Crippen molar-refractivity contribution in [2.75, 3.05) is 13.2 Å². The van der Waals surface area contributed by atoms with Gasteiger partial charge in [-0.2, -0.15) is 0 Å². The number of unbranched alkanes of at least 4 members (excludes halogenated alkanes) is 31. The van der Waals surface area contributed by atoms with Gasteiger partial charge in [0.05, 0.1) is 25.4 Å². The lowest BCUT2D eigenvalue weighted by atomic mass is 9.99. The van der Waals surface area contributed by atoms with E-state index in [-0.39, 0.29) is 12.5 Å². The number of hydrogen-bond acceptors (Lipinski definition) is 8. The zero-order valence-corrected chi connectivity index (χ0v) is 53.9. The SMILES string of the molecule is CC/C=C\C/C=C\C/C=C\C/C=C\C/C=C\C/C=C\C/C=C\C/C=C\CCCCCCCCCCCCC(=O)NC(COC1OC(CO)C(O)C(O)C1O)C(O)/C=C/CC/C=C/CCCCCCCCCCCCCCCCCCCCCC. The molecule has 0 bridgehead atoms. The average molecular weight is 1170 g/mol. The minimum Gasteiger partial charge on any atom is -0.394 e. The van der Waals surface area contributed by atoms with E-state index in [2.05, 4.69) is 129 Å². The summed E-state index contributed by atoms with van der Waals surface area (Å²) in [5.41, 5.74) is 0. The van der Waals surface area contributed by atoms with E-state index in [1.807, 2.05) is 6.08 Å². The summed E-state index contributed by atoms with van der Waals surface area (Å²) >= 11 is 0. The maximum absolute atomic E-state index is 13.1. The summed E-state index contributed by atoms with van der Waals surface area (Å²) < 4.78 is 11.3. The number of rotatable bonds is 59. The van der Waals surface area contributed by atoms with Crippen LogP contribution >= 0.6 is 0 Å². The summed E-state index contributed by atoms with van der Waals surface area (Å²) in [6.45, 7) is 3.67. The van der Waals surface area contributed by atoms with Gasteiger partial charge < -0.3 is 40.3 Å². The molecular weight excluding hydrogens is 1040 g/mol. The van der Waals surface area contributed by atoms with Gasteiger partial charge >= 0.3 is 0 Å². The van der Waals surface area contributed by atoms with Gasteiger partial charge in [0.2, 0.25) is 5.91 Å². The minimum absolute atomic E-state index is 0.194. The molecule has 482 valence electrons. The molecule has 0 radical (unpaired) electrons. The fourth-order valence-electron chi connectivity index (χ4n) is 10.4. The molecule has 0 saturated carbocycles. The van der Waals surface area contributed by atoms with E-state index in [0.29, 0.717) is 6.42 Å². The van der Waals surface area contributed by atoms with E-state index in [4.69, 9.17) is 9.47 Å². The van der Waals surface area contributed by atoms with E-state index in [1.54, 1.807) is 6.08 Å². The van der Waals surface area contributed by atoms with Gasteiger partial charge in [-0.25, -0.2) is 0 Å². The highest BCUT2D eigenvalue weighted by molar-refractivity contribution is 5.76. The first-order valence-corrected chi connectivity index (χ1v) is 34.8. The number of carbonyl (C=O) groups excluding carboxylic acids is 1. The number of carbonyl (C=O) groups is 1. The van der Waals surface area contributed by atoms with E-state index < -0.39 is 49.5 Å². The van der Waals surface area contributed by atoms with E-state index in [9.17, 15) is 30.3 Å². The van der Waals surface area contributed by atoms with Gasteiger partial charge in [0, 0.05) is 6.42 Å². The molecule has 1 amide bonds. The molecule has 1 aliphatic heterocycles. The normalized spacial score (nSPS) is 19.0. The van der Waals surface area contributed by atoms with Gasteiger partial charge in [-0.05, 0) is 96.3 Å². The summed E-state index contributed by atoms with van der Waals surface area (Å²) in [7, 11) is 0. The standard InChI is InChI=1S/C75H129NO8/c1-3-5-7-9-11-13-15-17-19-21-23-25-27-29-31-32-33-34-35-36-37-38-39-41-43-45-47-49-51-53-55-57-59-61-63-65-71(79)76-68(67-83-75-74(82)73(81)72(80)70(66-77)84-75)69(78)64-62-60-58-56-54-52-50-48-46-44-42-40-30-28-26-24-22-20-18-16-14-12-10-8-6-4-2/h5,7,11,13,17,19,23,25,29,31,33-34,36-37,39,41,54,56,62,64,68-70,72-75,77-78,80-82H,3-4,6,8-10,12,14-16,18,20-22,24,26-28,30,32,35,38,40,42-53,55,57-61,63,65-67H2,1-2H3,(H,76,79)/b7-5-,13-11-,19-17-,25-23-,31-29-,34-33-,37-36-,41-39-,56-54+,64-62+. The molecule has 0 aromatic heterocycles. The quantitative estimate of drug-likeness (QED) is 0.0261. The lowest BCUT2D eigenvalue weighted by Crippen LogP contribution is -2.60. The Morgan fingerprint density at radius 3 is 1.14 bits per heavy atom. The first-order chi connectivity index (χ1) is 41.3. The molecule has 0 aliphatic carbocycles. The first-order valence-electron chi connectivity index (χ1n) is 34.8.